The van der Waals surface area contributed by atoms with Crippen LogP contribution in [0.15, 0.2) is 60.7 Å². The van der Waals surface area contributed by atoms with Crippen molar-refractivity contribution in [2.45, 2.75) is 26.7 Å². The fourth-order valence-corrected chi connectivity index (χ4v) is 4.53. The predicted molar refractivity (Wildman–Crippen MR) is 123 cm³/mol. The van der Waals surface area contributed by atoms with Gasteiger partial charge in [-0.15, -0.1) is 0 Å². The number of hydrogen-bond donors (Lipinski definition) is 0. The van der Waals surface area contributed by atoms with Gasteiger partial charge in [-0.2, -0.15) is 5.10 Å². The molecule has 6 heteroatoms. The van der Waals surface area contributed by atoms with Crippen LogP contribution >= 0.6 is 0 Å². The Kier molecular flexibility index (Phi) is 5.21. The molecule has 5 nitrogen and oxygen atoms in total. The first-order chi connectivity index (χ1) is 15.5. The number of pyridine rings is 1. The Labute approximate surface area is 186 Å². The Morgan fingerprint density at radius 3 is 2.66 bits per heavy atom. The van der Waals surface area contributed by atoms with Gasteiger partial charge in [-0.1, -0.05) is 43.3 Å². The molecule has 2 aromatic heterocycles. The van der Waals surface area contributed by atoms with Crippen molar-refractivity contribution in [3.63, 3.8) is 0 Å². The first-order valence-electron chi connectivity index (χ1n) is 11.0. The third kappa shape index (κ3) is 3.66. The Morgan fingerprint density at radius 2 is 1.91 bits per heavy atom. The van der Waals surface area contributed by atoms with Crippen molar-refractivity contribution in [2.75, 3.05) is 13.1 Å². The molecule has 0 spiro atoms. The van der Waals surface area contributed by atoms with Gasteiger partial charge in [0.25, 0.3) is 5.91 Å². The van der Waals surface area contributed by atoms with E-state index >= 15 is 0 Å². The summed E-state index contributed by atoms with van der Waals surface area (Å²) in [5.74, 6) is 0.0773. The van der Waals surface area contributed by atoms with E-state index in [-0.39, 0.29) is 11.7 Å². The molecule has 1 atom stereocenters. The topological polar surface area (TPSA) is 51.0 Å². The molecule has 162 valence electrons. The number of likely N-dealkylation sites (tertiary alicyclic amines) is 1. The first kappa shape index (κ1) is 20.4. The number of aromatic nitrogens is 3. The lowest BCUT2D eigenvalue weighted by molar-refractivity contribution is 0.0677. The summed E-state index contributed by atoms with van der Waals surface area (Å²) in [6.07, 6.45) is 2.15. The van der Waals surface area contributed by atoms with Crippen LogP contribution in [-0.4, -0.2) is 38.7 Å². The van der Waals surface area contributed by atoms with Crippen LogP contribution in [0.4, 0.5) is 4.39 Å². The highest BCUT2D eigenvalue weighted by Gasteiger charge is 2.25. The highest BCUT2D eigenvalue weighted by molar-refractivity contribution is 5.99. The molecule has 0 N–H and O–H groups in total. The molecule has 4 aromatic rings. The fourth-order valence-electron chi connectivity index (χ4n) is 4.53. The Bertz CT molecular complexity index is 1300. The van der Waals surface area contributed by atoms with Gasteiger partial charge in [0.15, 0.2) is 5.65 Å². The summed E-state index contributed by atoms with van der Waals surface area (Å²) in [7, 11) is 0. The molecule has 0 bridgehead atoms. The highest BCUT2D eigenvalue weighted by Crippen LogP contribution is 2.32. The fraction of sp³-hybridized carbons (Fsp3) is 0.269. The summed E-state index contributed by atoms with van der Waals surface area (Å²) < 4.78 is 15.7. The van der Waals surface area contributed by atoms with E-state index in [1.165, 1.54) is 12.1 Å². The third-order valence-electron chi connectivity index (χ3n) is 6.10. The summed E-state index contributed by atoms with van der Waals surface area (Å²) in [6.45, 7) is 5.65. The summed E-state index contributed by atoms with van der Waals surface area (Å²) in [4.78, 5) is 20.0. The number of carbonyl (C=O) groups excluding carboxylic acids is 1. The Morgan fingerprint density at radius 1 is 1.09 bits per heavy atom. The van der Waals surface area contributed by atoms with Crippen molar-refractivity contribution in [1.82, 2.24) is 19.7 Å². The van der Waals surface area contributed by atoms with Crippen LogP contribution in [0.2, 0.25) is 0 Å². The van der Waals surface area contributed by atoms with E-state index in [4.69, 9.17) is 10.1 Å². The van der Waals surface area contributed by atoms with E-state index in [2.05, 4.69) is 6.92 Å². The van der Waals surface area contributed by atoms with Crippen LogP contribution in [-0.2, 0) is 0 Å². The molecule has 0 saturated carbocycles. The van der Waals surface area contributed by atoms with Gasteiger partial charge in [0.2, 0.25) is 0 Å². The monoisotopic (exact) mass is 428 g/mol. The Balaban J connectivity index is 1.70. The molecule has 1 aliphatic heterocycles. The highest BCUT2D eigenvalue weighted by atomic mass is 19.1. The first-order valence-corrected chi connectivity index (χ1v) is 11.0. The summed E-state index contributed by atoms with van der Waals surface area (Å²) in [5.41, 5.74) is 4.16. The maximum absolute atomic E-state index is 14.0. The predicted octanol–water partition coefficient (Wildman–Crippen LogP) is 5.41. The molecule has 3 heterocycles. The van der Waals surface area contributed by atoms with Gasteiger partial charge in [0.05, 0.1) is 11.1 Å². The normalized spacial score (nSPS) is 16.5. The zero-order valence-electron chi connectivity index (χ0n) is 18.3. The van der Waals surface area contributed by atoms with Gasteiger partial charge in [-0.05, 0) is 55.5 Å². The number of nitrogens with zero attached hydrogens (tertiary/aromatic N) is 4. The average molecular weight is 429 g/mol. The van der Waals surface area contributed by atoms with Crippen molar-refractivity contribution in [3.05, 3.63) is 77.7 Å². The van der Waals surface area contributed by atoms with E-state index in [1.54, 1.807) is 16.8 Å². The number of hydrogen-bond acceptors (Lipinski definition) is 3. The molecule has 1 fully saturated rings. The Hall–Kier alpha value is -3.54. The van der Waals surface area contributed by atoms with E-state index < -0.39 is 0 Å². The SMILES string of the molecule is Cc1cc(C(=O)N2CCCC(C)C2)nc2c1c(-c1ccccc1)nn2-c1cccc(F)c1. The minimum Gasteiger partial charge on any atom is -0.337 e. The standard InChI is InChI=1S/C26H25FN4O/c1-17-8-7-13-30(16-17)26(32)22-14-18(2)23-24(19-9-4-3-5-10-19)29-31(25(23)28-22)21-12-6-11-20(27)15-21/h3-6,9-12,14-15,17H,7-8,13,16H2,1-2H3. The maximum Gasteiger partial charge on any atom is 0.272 e. The number of rotatable bonds is 3. The smallest absolute Gasteiger partial charge is 0.272 e. The van der Waals surface area contributed by atoms with E-state index in [0.717, 1.165) is 48.1 Å². The summed E-state index contributed by atoms with van der Waals surface area (Å²) >= 11 is 0. The number of halogens is 1. The minimum atomic E-state index is -0.348. The third-order valence-corrected chi connectivity index (χ3v) is 6.10. The molecular formula is C26H25FN4O. The number of piperidine rings is 1. The zero-order chi connectivity index (χ0) is 22.2. The molecule has 1 unspecified atom stereocenters. The molecule has 2 aromatic carbocycles. The molecule has 32 heavy (non-hydrogen) atoms. The van der Waals surface area contributed by atoms with Crippen LogP contribution in [0.1, 0.15) is 35.8 Å². The summed E-state index contributed by atoms with van der Waals surface area (Å²) in [6, 6.07) is 18.0. The second-order valence-electron chi connectivity index (χ2n) is 8.63. The molecule has 0 radical (unpaired) electrons. The lowest BCUT2D eigenvalue weighted by Gasteiger charge is -2.30. The number of fused-ring (bicyclic) bond motifs is 1. The van der Waals surface area contributed by atoms with E-state index in [9.17, 15) is 9.18 Å². The van der Waals surface area contributed by atoms with Gasteiger partial charge in [0.1, 0.15) is 17.2 Å². The van der Waals surface area contributed by atoms with Gasteiger partial charge in [-0.25, -0.2) is 14.1 Å². The largest absolute Gasteiger partial charge is 0.337 e. The molecule has 1 saturated heterocycles. The number of amides is 1. The number of aryl methyl sites for hydroxylation is 1. The van der Waals surface area contributed by atoms with Crippen LogP contribution in [0.25, 0.3) is 28.0 Å². The van der Waals surface area contributed by atoms with Crippen molar-refractivity contribution in [1.29, 1.82) is 0 Å². The van der Waals surface area contributed by atoms with Crippen molar-refractivity contribution in [2.24, 2.45) is 5.92 Å². The van der Waals surface area contributed by atoms with Gasteiger partial charge in [-0.3, -0.25) is 4.79 Å². The summed E-state index contributed by atoms with van der Waals surface area (Å²) in [5, 5.41) is 5.68. The quantitative estimate of drug-likeness (QED) is 0.439. The maximum atomic E-state index is 14.0. The van der Waals surface area contributed by atoms with Crippen LogP contribution < -0.4 is 0 Å². The van der Waals surface area contributed by atoms with Gasteiger partial charge in [0, 0.05) is 18.7 Å². The van der Waals surface area contributed by atoms with Crippen LogP contribution in [0.5, 0.6) is 0 Å². The zero-order valence-corrected chi connectivity index (χ0v) is 18.3. The second kappa shape index (κ2) is 8.19. The lowest BCUT2D eigenvalue weighted by Crippen LogP contribution is -2.39. The molecular weight excluding hydrogens is 403 g/mol. The molecule has 1 amide bonds. The van der Waals surface area contributed by atoms with Crippen molar-refractivity contribution >= 4 is 16.9 Å². The van der Waals surface area contributed by atoms with E-state index in [1.807, 2.05) is 48.2 Å². The van der Waals surface area contributed by atoms with Crippen molar-refractivity contribution in [3.8, 4) is 16.9 Å². The molecule has 5 rings (SSSR count). The second-order valence-corrected chi connectivity index (χ2v) is 8.63. The van der Waals surface area contributed by atoms with Crippen LogP contribution in [0, 0.1) is 18.7 Å². The molecule has 1 aliphatic rings. The minimum absolute atomic E-state index is 0.0604. The van der Waals surface area contributed by atoms with Gasteiger partial charge < -0.3 is 4.90 Å². The molecule has 0 aliphatic carbocycles. The van der Waals surface area contributed by atoms with Gasteiger partial charge >= 0.3 is 0 Å². The van der Waals surface area contributed by atoms with E-state index in [0.29, 0.717) is 22.9 Å². The lowest BCUT2D eigenvalue weighted by atomic mass is 9.99. The van der Waals surface area contributed by atoms with Crippen LogP contribution in [0.3, 0.4) is 0 Å². The number of carbonyl (C=O) groups is 1. The number of benzene rings is 2. The average Bonchev–Trinajstić information content (AvgIpc) is 3.19. The van der Waals surface area contributed by atoms with Crippen molar-refractivity contribution < 1.29 is 9.18 Å².